The number of nitrogens with one attached hydrogen (secondary N) is 1. The van der Waals surface area contributed by atoms with Crippen molar-refractivity contribution in [2.24, 2.45) is 5.92 Å². The van der Waals surface area contributed by atoms with Crippen LogP contribution >= 0.6 is 34.7 Å². The molecule has 1 aromatic rings. The summed E-state index contributed by atoms with van der Waals surface area (Å²) in [6.45, 7) is 4.59. The normalized spacial score (nSPS) is 32.4. The van der Waals surface area contributed by atoms with Gasteiger partial charge in [-0.3, -0.25) is 9.69 Å². The summed E-state index contributed by atoms with van der Waals surface area (Å²) in [4.78, 5) is 16.6. The molecule has 0 saturated carbocycles. The first-order valence-electron chi connectivity index (χ1n) is 6.98. The van der Waals surface area contributed by atoms with E-state index in [-0.39, 0.29) is 11.9 Å². The average Bonchev–Trinajstić information content (AvgIpc) is 2.84. The summed E-state index contributed by atoms with van der Waals surface area (Å²) in [7, 11) is 0. The molecular weight excluding hydrogens is 312 g/mol. The van der Waals surface area contributed by atoms with Crippen LogP contribution in [0.3, 0.4) is 0 Å². The molecule has 0 aromatic carbocycles. The Balaban J connectivity index is 1.72. The van der Waals surface area contributed by atoms with Crippen LogP contribution in [0.25, 0.3) is 0 Å². The van der Waals surface area contributed by atoms with E-state index in [9.17, 15) is 4.79 Å². The lowest BCUT2D eigenvalue weighted by molar-refractivity contribution is 0.0218. The molecule has 20 heavy (non-hydrogen) atoms. The van der Waals surface area contributed by atoms with Crippen molar-refractivity contribution in [3.05, 3.63) is 15.3 Å². The van der Waals surface area contributed by atoms with Gasteiger partial charge in [0, 0.05) is 17.0 Å². The topological polar surface area (TPSA) is 32.3 Å². The first-order valence-corrected chi connectivity index (χ1v) is 9.40. The minimum absolute atomic E-state index is 0.0304. The smallest absolute Gasteiger partial charge is 0.261 e. The molecule has 2 atom stereocenters. The Kier molecular flexibility index (Phi) is 4.32. The number of carbonyl (C=O) groups excluding carboxylic acids is 1. The Hall–Kier alpha value is -0.230. The SMILES string of the molecule is CSc1cc(C(=O)NC2C3CCN(CC3)C2C)sc1Cl. The van der Waals surface area contributed by atoms with Crippen LogP contribution in [0.4, 0.5) is 0 Å². The summed E-state index contributed by atoms with van der Waals surface area (Å²) in [5, 5.41) is 3.24. The fraction of sp³-hybridized carbons (Fsp3) is 0.643. The Bertz CT molecular complexity index is 509. The number of fused-ring (bicyclic) bond motifs is 3. The van der Waals surface area contributed by atoms with Gasteiger partial charge in [-0.25, -0.2) is 0 Å². The molecule has 110 valence electrons. The fourth-order valence-electron chi connectivity index (χ4n) is 3.37. The largest absolute Gasteiger partial charge is 0.347 e. The Morgan fingerprint density at radius 1 is 1.50 bits per heavy atom. The molecule has 3 aliphatic rings. The molecule has 1 amide bonds. The maximum Gasteiger partial charge on any atom is 0.261 e. The highest BCUT2D eigenvalue weighted by Crippen LogP contribution is 2.35. The number of thiophene rings is 1. The van der Waals surface area contributed by atoms with Crippen LogP contribution in [0.15, 0.2) is 11.0 Å². The van der Waals surface area contributed by atoms with Crippen molar-refractivity contribution in [3.63, 3.8) is 0 Å². The second kappa shape index (κ2) is 5.87. The van der Waals surface area contributed by atoms with E-state index in [1.165, 1.54) is 37.3 Å². The van der Waals surface area contributed by atoms with Crippen LogP contribution in [0.2, 0.25) is 4.34 Å². The van der Waals surface area contributed by atoms with E-state index < -0.39 is 0 Å². The van der Waals surface area contributed by atoms with Crippen molar-refractivity contribution in [2.45, 2.75) is 36.7 Å². The van der Waals surface area contributed by atoms with Crippen molar-refractivity contribution in [1.29, 1.82) is 0 Å². The molecule has 4 heterocycles. The van der Waals surface area contributed by atoms with Crippen molar-refractivity contribution in [3.8, 4) is 0 Å². The van der Waals surface area contributed by atoms with Crippen LogP contribution in [0.1, 0.15) is 29.4 Å². The number of nitrogens with zero attached hydrogens (tertiary/aromatic N) is 1. The molecule has 4 rings (SSSR count). The van der Waals surface area contributed by atoms with E-state index in [2.05, 4.69) is 17.1 Å². The zero-order valence-corrected chi connectivity index (χ0v) is 14.1. The van der Waals surface area contributed by atoms with E-state index in [1.54, 1.807) is 11.8 Å². The standard InChI is InChI=1S/C14H19ClN2OS2/c1-8-12(9-3-5-17(8)6-4-9)16-14(18)11-7-10(19-2)13(15)20-11/h7-9,12H,3-6H2,1-2H3,(H,16,18). The third-order valence-electron chi connectivity index (χ3n) is 4.57. The number of rotatable bonds is 3. The predicted octanol–water partition coefficient (Wildman–Crippen LogP) is 3.34. The van der Waals surface area contributed by atoms with Crippen molar-refractivity contribution in [1.82, 2.24) is 10.2 Å². The van der Waals surface area contributed by atoms with Gasteiger partial charge in [0.05, 0.1) is 4.88 Å². The van der Waals surface area contributed by atoms with E-state index in [0.717, 1.165) is 9.77 Å². The highest BCUT2D eigenvalue weighted by molar-refractivity contribution is 7.98. The molecule has 3 nitrogen and oxygen atoms in total. The first-order chi connectivity index (χ1) is 9.60. The molecular formula is C14H19ClN2OS2. The van der Waals surface area contributed by atoms with Gasteiger partial charge >= 0.3 is 0 Å². The van der Waals surface area contributed by atoms with Crippen molar-refractivity contribution < 1.29 is 4.79 Å². The number of hydrogen-bond donors (Lipinski definition) is 1. The molecule has 2 bridgehead atoms. The lowest BCUT2D eigenvalue weighted by Crippen LogP contribution is -2.62. The lowest BCUT2D eigenvalue weighted by Gasteiger charge is -2.49. The van der Waals surface area contributed by atoms with Gasteiger partial charge in [-0.05, 0) is 51.1 Å². The van der Waals surface area contributed by atoms with Gasteiger partial charge < -0.3 is 5.32 Å². The van der Waals surface area contributed by atoms with E-state index in [0.29, 0.717) is 16.3 Å². The summed E-state index contributed by atoms with van der Waals surface area (Å²) in [5.74, 6) is 0.664. The molecule has 3 saturated heterocycles. The molecule has 6 heteroatoms. The quantitative estimate of drug-likeness (QED) is 0.863. The van der Waals surface area contributed by atoms with E-state index in [1.807, 2.05) is 12.3 Å². The van der Waals surface area contributed by atoms with Crippen LogP contribution in [0.5, 0.6) is 0 Å². The fourth-order valence-corrected chi connectivity index (χ4v) is 5.43. The molecule has 2 unspecified atom stereocenters. The second-order valence-corrected chi connectivity index (χ2v) is 8.07. The average molecular weight is 331 g/mol. The van der Waals surface area contributed by atoms with Gasteiger partial charge in [0.15, 0.2) is 0 Å². The Labute approximate surface area is 133 Å². The number of halogens is 1. The molecule has 3 fully saturated rings. The van der Waals surface area contributed by atoms with Crippen LogP contribution in [0, 0.1) is 5.92 Å². The summed E-state index contributed by atoms with van der Waals surface area (Å²) in [5.41, 5.74) is 0. The molecule has 0 radical (unpaired) electrons. The van der Waals surface area contributed by atoms with Crippen LogP contribution in [-0.4, -0.2) is 42.2 Å². The minimum Gasteiger partial charge on any atom is -0.347 e. The van der Waals surface area contributed by atoms with Gasteiger partial charge in [-0.1, -0.05) is 11.6 Å². The van der Waals surface area contributed by atoms with Gasteiger partial charge in [-0.15, -0.1) is 23.1 Å². The van der Waals surface area contributed by atoms with Gasteiger partial charge in [-0.2, -0.15) is 0 Å². The highest BCUT2D eigenvalue weighted by Gasteiger charge is 2.40. The summed E-state index contributed by atoms with van der Waals surface area (Å²) in [6, 6.07) is 2.63. The van der Waals surface area contributed by atoms with E-state index >= 15 is 0 Å². The highest BCUT2D eigenvalue weighted by atomic mass is 35.5. The van der Waals surface area contributed by atoms with Crippen molar-refractivity contribution in [2.75, 3.05) is 19.3 Å². The van der Waals surface area contributed by atoms with Gasteiger partial charge in [0.2, 0.25) is 0 Å². The van der Waals surface area contributed by atoms with Crippen molar-refractivity contribution >= 4 is 40.6 Å². The molecule has 0 spiro atoms. The first kappa shape index (κ1) is 14.7. The Morgan fingerprint density at radius 3 is 2.75 bits per heavy atom. The number of amides is 1. The maximum absolute atomic E-state index is 12.4. The number of carbonyl (C=O) groups is 1. The van der Waals surface area contributed by atoms with Gasteiger partial charge in [0.25, 0.3) is 5.91 Å². The zero-order chi connectivity index (χ0) is 14.3. The molecule has 0 aliphatic carbocycles. The van der Waals surface area contributed by atoms with Crippen LogP contribution < -0.4 is 5.32 Å². The summed E-state index contributed by atoms with van der Waals surface area (Å²) < 4.78 is 0.713. The van der Waals surface area contributed by atoms with Gasteiger partial charge in [0.1, 0.15) is 4.34 Å². The third kappa shape index (κ3) is 2.61. The van der Waals surface area contributed by atoms with E-state index in [4.69, 9.17) is 11.6 Å². The number of piperidine rings is 3. The molecule has 1 N–H and O–H groups in total. The maximum atomic E-state index is 12.4. The molecule has 1 aromatic heterocycles. The number of hydrogen-bond acceptors (Lipinski definition) is 4. The lowest BCUT2D eigenvalue weighted by atomic mass is 9.79. The molecule has 3 aliphatic heterocycles. The van der Waals surface area contributed by atoms with Crippen LogP contribution in [-0.2, 0) is 0 Å². The predicted molar refractivity (Wildman–Crippen MR) is 86.1 cm³/mol. The monoisotopic (exact) mass is 330 g/mol. The number of thioether (sulfide) groups is 1. The third-order valence-corrected chi connectivity index (χ3v) is 6.94. The summed E-state index contributed by atoms with van der Waals surface area (Å²) in [6.07, 6.45) is 4.39. The summed E-state index contributed by atoms with van der Waals surface area (Å²) >= 11 is 9.09. The Morgan fingerprint density at radius 2 is 2.20 bits per heavy atom. The minimum atomic E-state index is 0.0304. The second-order valence-electron chi connectivity index (χ2n) is 5.57. The zero-order valence-electron chi connectivity index (χ0n) is 11.7.